The van der Waals surface area contributed by atoms with Gasteiger partial charge >= 0.3 is 0 Å². The van der Waals surface area contributed by atoms with E-state index >= 15 is 0 Å². The van der Waals surface area contributed by atoms with Gasteiger partial charge in [-0.05, 0) is 67.6 Å². The number of thioether (sulfide) groups is 1. The Morgan fingerprint density at radius 1 is 1.17 bits per heavy atom. The Morgan fingerprint density at radius 2 is 1.87 bits per heavy atom. The van der Waals surface area contributed by atoms with Gasteiger partial charge in [0, 0.05) is 17.1 Å². The molecular weight excluding hydrogens is 312 g/mol. The Kier molecular flexibility index (Phi) is 4.00. The smallest absolute Gasteiger partial charge is 0.290 e. The predicted octanol–water partition coefficient (Wildman–Crippen LogP) is 3.43. The average molecular weight is 328 g/mol. The summed E-state index contributed by atoms with van der Waals surface area (Å²) in [5.74, 6) is 0.463. The monoisotopic (exact) mass is 328 g/mol. The molecule has 1 aromatic heterocycles. The van der Waals surface area contributed by atoms with Crippen LogP contribution in [0.3, 0.4) is 0 Å². The van der Waals surface area contributed by atoms with Crippen LogP contribution < -0.4 is 10.1 Å². The first-order valence-corrected chi connectivity index (χ1v) is 7.89. The minimum Gasteiger partial charge on any atom is -0.497 e. The van der Waals surface area contributed by atoms with Crippen LogP contribution in [0.5, 0.6) is 5.75 Å². The van der Waals surface area contributed by atoms with E-state index in [-0.39, 0.29) is 11.1 Å². The summed E-state index contributed by atoms with van der Waals surface area (Å²) in [6.07, 6.45) is 1.76. The number of aromatic nitrogens is 1. The molecule has 0 unspecified atom stereocenters. The molecule has 0 aliphatic carbocycles. The molecule has 5 nitrogen and oxygen atoms in total. The van der Waals surface area contributed by atoms with E-state index in [0.717, 1.165) is 40.2 Å². The number of carbonyl (C=O) groups is 2. The second-order valence-electron chi connectivity index (χ2n) is 5.21. The molecule has 1 aliphatic heterocycles. The maximum absolute atomic E-state index is 11.7. The van der Waals surface area contributed by atoms with Crippen LogP contribution in [-0.2, 0) is 4.79 Å². The lowest BCUT2D eigenvalue weighted by atomic mass is 10.2. The third kappa shape index (κ3) is 2.90. The molecule has 118 valence electrons. The highest BCUT2D eigenvalue weighted by molar-refractivity contribution is 8.18. The molecule has 1 aromatic carbocycles. The molecule has 3 rings (SSSR count). The molecule has 0 radical (unpaired) electrons. The largest absolute Gasteiger partial charge is 0.497 e. The van der Waals surface area contributed by atoms with E-state index < -0.39 is 0 Å². The summed E-state index contributed by atoms with van der Waals surface area (Å²) in [5.41, 5.74) is 4.00. The van der Waals surface area contributed by atoms with Crippen molar-refractivity contribution in [3.63, 3.8) is 0 Å². The number of methoxy groups -OCH3 is 1. The quantitative estimate of drug-likeness (QED) is 0.877. The highest BCUT2D eigenvalue weighted by Gasteiger charge is 2.25. The lowest BCUT2D eigenvalue weighted by molar-refractivity contribution is -0.115. The number of nitrogens with zero attached hydrogens (tertiary/aromatic N) is 1. The molecule has 0 bridgehead atoms. The highest BCUT2D eigenvalue weighted by atomic mass is 32.2. The number of ether oxygens (including phenoxy) is 1. The van der Waals surface area contributed by atoms with E-state index in [4.69, 9.17) is 4.74 Å². The molecule has 2 amide bonds. The average Bonchev–Trinajstić information content (AvgIpc) is 2.99. The molecule has 2 heterocycles. The summed E-state index contributed by atoms with van der Waals surface area (Å²) in [7, 11) is 1.64. The Labute approximate surface area is 138 Å². The summed E-state index contributed by atoms with van der Waals surface area (Å²) >= 11 is 0.929. The zero-order chi connectivity index (χ0) is 16.6. The van der Waals surface area contributed by atoms with Crippen molar-refractivity contribution < 1.29 is 14.3 Å². The normalized spacial score (nSPS) is 16.0. The number of amides is 2. The fraction of sp³-hybridized carbons (Fsp3) is 0.176. The minimum absolute atomic E-state index is 0.329. The maximum Gasteiger partial charge on any atom is 0.290 e. The lowest BCUT2D eigenvalue weighted by Crippen LogP contribution is -2.17. The molecule has 6 heteroatoms. The van der Waals surface area contributed by atoms with Crippen LogP contribution in [0.1, 0.15) is 17.0 Å². The van der Waals surface area contributed by atoms with Crippen molar-refractivity contribution in [3.8, 4) is 11.4 Å². The summed E-state index contributed by atoms with van der Waals surface area (Å²) in [4.78, 5) is 23.4. The standard InChI is InChI=1S/C17H16N2O3S/c1-10-8-12(9-15-16(20)18-17(21)23-15)11(2)19(10)13-4-6-14(22-3)7-5-13/h4-9H,1-3H3,(H,18,20,21). The van der Waals surface area contributed by atoms with Gasteiger partial charge in [-0.2, -0.15) is 0 Å². The van der Waals surface area contributed by atoms with Crippen LogP contribution >= 0.6 is 11.8 Å². The van der Waals surface area contributed by atoms with Gasteiger partial charge in [-0.25, -0.2) is 0 Å². The topological polar surface area (TPSA) is 60.3 Å². The number of rotatable bonds is 3. The molecule has 23 heavy (non-hydrogen) atoms. The Morgan fingerprint density at radius 3 is 2.43 bits per heavy atom. The van der Waals surface area contributed by atoms with E-state index in [0.29, 0.717) is 4.91 Å². The van der Waals surface area contributed by atoms with Gasteiger partial charge in [0.2, 0.25) is 0 Å². The molecular formula is C17H16N2O3S. The van der Waals surface area contributed by atoms with Gasteiger partial charge in [-0.3, -0.25) is 14.9 Å². The van der Waals surface area contributed by atoms with Crippen molar-refractivity contribution >= 4 is 29.0 Å². The fourth-order valence-electron chi connectivity index (χ4n) is 2.62. The second kappa shape index (κ2) is 5.96. The van der Waals surface area contributed by atoms with E-state index in [2.05, 4.69) is 9.88 Å². The van der Waals surface area contributed by atoms with Crippen molar-refractivity contribution in [2.75, 3.05) is 7.11 Å². The maximum atomic E-state index is 11.7. The molecule has 0 atom stereocenters. The minimum atomic E-state index is -0.339. The fourth-order valence-corrected chi connectivity index (χ4v) is 3.30. The van der Waals surface area contributed by atoms with Gasteiger partial charge in [0.25, 0.3) is 11.1 Å². The van der Waals surface area contributed by atoms with Crippen molar-refractivity contribution in [2.24, 2.45) is 0 Å². The summed E-state index contributed by atoms with van der Waals surface area (Å²) in [5, 5.41) is 1.94. The second-order valence-corrected chi connectivity index (χ2v) is 6.23. The lowest BCUT2D eigenvalue weighted by Gasteiger charge is -2.10. The molecule has 0 spiro atoms. The van der Waals surface area contributed by atoms with Gasteiger partial charge in [0.1, 0.15) is 5.75 Å². The number of hydrogen-bond acceptors (Lipinski definition) is 4. The van der Waals surface area contributed by atoms with Crippen molar-refractivity contribution in [3.05, 3.63) is 52.2 Å². The Hall–Kier alpha value is -2.47. The number of imide groups is 1. The number of aryl methyl sites for hydroxylation is 1. The van der Waals surface area contributed by atoms with Crippen molar-refractivity contribution in [1.82, 2.24) is 9.88 Å². The van der Waals surface area contributed by atoms with E-state index in [1.165, 1.54) is 0 Å². The molecule has 2 aromatic rings. The highest BCUT2D eigenvalue weighted by Crippen LogP contribution is 2.29. The molecule has 1 aliphatic rings. The van der Waals surface area contributed by atoms with Crippen LogP contribution in [0.2, 0.25) is 0 Å². The van der Waals surface area contributed by atoms with Gasteiger partial charge in [-0.15, -0.1) is 0 Å². The van der Waals surface area contributed by atoms with Gasteiger partial charge < -0.3 is 9.30 Å². The van der Waals surface area contributed by atoms with Crippen LogP contribution in [0, 0.1) is 13.8 Å². The predicted molar refractivity (Wildman–Crippen MR) is 90.9 cm³/mol. The summed E-state index contributed by atoms with van der Waals surface area (Å²) in [6.45, 7) is 4.00. The summed E-state index contributed by atoms with van der Waals surface area (Å²) in [6, 6.07) is 9.78. The third-order valence-electron chi connectivity index (χ3n) is 3.73. The van der Waals surface area contributed by atoms with Crippen LogP contribution in [0.15, 0.2) is 35.2 Å². The summed E-state index contributed by atoms with van der Waals surface area (Å²) < 4.78 is 7.29. The SMILES string of the molecule is COc1ccc(-n2c(C)cc(C=C3SC(=O)NC3=O)c2C)cc1. The zero-order valence-electron chi connectivity index (χ0n) is 13.0. The third-order valence-corrected chi connectivity index (χ3v) is 4.54. The van der Waals surface area contributed by atoms with Gasteiger partial charge in [0.15, 0.2) is 0 Å². The molecule has 1 saturated heterocycles. The zero-order valence-corrected chi connectivity index (χ0v) is 13.9. The van der Waals surface area contributed by atoms with Gasteiger partial charge in [-0.1, -0.05) is 0 Å². The number of nitrogens with one attached hydrogen (secondary N) is 1. The van der Waals surface area contributed by atoms with Crippen LogP contribution in [0.25, 0.3) is 11.8 Å². The molecule has 1 N–H and O–H groups in total. The van der Waals surface area contributed by atoms with E-state index in [1.54, 1.807) is 13.2 Å². The van der Waals surface area contributed by atoms with Crippen molar-refractivity contribution in [2.45, 2.75) is 13.8 Å². The Balaban J connectivity index is 2.01. The van der Waals surface area contributed by atoms with Crippen LogP contribution in [0.4, 0.5) is 4.79 Å². The van der Waals surface area contributed by atoms with E-state index in [9.17, 15) is 9.59 Å². The van der Waals surface area contributed by atoms with Gasteiger partial charge in [0.05, 0.1) is 12.0 Å². The molecule has 1 fully saturated rings. The van der Waals surface area contributed by atoms with Crippen LogP contribution in [-0.4, -0.2) is 22.8 Å². The number of benzene rings is 1. The van der Waals surface area contributed by atoms with Crippen molar-refractivity contribution in [1.29, 1.82) is 0 Å². The first kappa shape index (κ1) is 15.4. The number of hydrogen-bond donors (Lipinski definition) is 1. The van der Waals surface area contributed by atoms with E-state index in [1.807, 2.05) is 44.2 Å². The number of carbonyl (C=O) groups excluding carboxylic acids is 2. The molecule has 0 saturated carbocycles. The first-order valence-electron chi connectivity index (χ1n) is 7.08. The Bertz CT molecular complexity index is 819. The first-order chi connectivity index (χ1) is 11.0.